The first-order valence-electron chi connectivity index (χ1n) is 4.62. The van der Waals surface area contributed by atoms with E-state index in [0.717, 1.165) is 13.4 Å². The summed E-state index contributed by atoms with van der Waals surface area (Å²) in [6.45, 7) is 0. The van der Waals surface area contributed by atoms with Gasteiger partial charge in [-0.2, -0.15) is 8.42 Å². The maximum Gasteiger partial charge on any atom is 0.272 e. The molecular formula is C8H13NO6S2. The normalized spacial score (nSPS) is 12.8. The third kappa shape index (κ3) is 5.29. The molecule has 1 aromatic heterocycles. The number of nitrogens with zero attached hydrogens (tertiary/aromatic N) is 1. The zero-order valence-corrected chi connectivity index (χ0v) is 11.0. The molecule has 98 valence electrons. The van der Waals surface area contributed by atoms with Crippen LogP contribution < -0.4 is 0 Å². The minimum atomic E-state index is -3.64. The van der Waals surface area contributed by atoms with Gasteiger partial charge < -0.3 is 4.52 Å². The van der Waals surface area contributed by atoms with Crippen LogP contribution in [0.15, 0.2) is 10.6 Å². The van der Waals surface area contributed by atoms with Crippen LogP contribution in [-0.2, 0) is 36.3 Å². The fourth-order valence-electron chi connectivity index (χ4n) is 1.07. The van der Waals surface area contributed by atoms with Crippen LogP contribution >= 0.6 is 0 Å². The van der Waals surface area contributed by atoms with Crippen LogP contribution in [0.2, 0.25) is 0 Å². The molecule has 0 aliphatic carbocycles. The Morgan fingerprint density at radius 3 is 2.53 bits per heavy atom. The van der Waals surface area contributed by atoms with E-state index in [-0.39, 0.29) is 17.9 Å². The van der Waals surface area contributed by atoms with Crippen molar-refractivity contribution in [3.63, 3.8) is 0 Å². The van der Waals surface area contributed by atoms with E-state index in [1.807, 2.05) is 0 Å². The topological polar surface area (TPSA) is 104 Å². The van der Waals surface area contributed by atoms with Crippen molar-refractivity contribution in [2.24, 2.45) is 0 Å². The molecule has 1 heterocycles. The summed E-state index contributed by atoms with van der Waals surface area (Å²) in [7, 11) is -5.67. The van der Waals surface area contributed by atoms with Gasteiger partial charge in [0.15, 0.2) is 0 Å². The van der Waals surface area contributed by atoms with E-state index in [1.54, 1.807) is 0 Å². The summed E-state index contributed by atoms with van der Waals surface area (Å²) in [4.78, 5) is 0. The summed E-state index contributed by atoms with van der Waals surface area (Å²) in [5.74, 6) is -0.137. The van der Waals surface area contributed by atoms with Crippen molar-refractivity contribution < 1.29 is 25.5 Å². The van der Waals surface area contributed by atoms with Gasteiger partial charge in [-0.1, -0.05) is 5.16 Å². The van der Waals surface area contributed by atoms with Gasteiger partial charge in [0.1, 0.15) is 27.0 Å². The van der Waals surface area contributed by atoms with Gasteiger partial charge in [0.05, 0.1) is 12.9 Å². The summed E-state index contributed by atoms with van der Waals surface area (Å²) in [6.07, 6.45) is 1.28. The Morgan fingerprint density at radius 2 is 2.00 bits per heavy atom. The second-order valence-corrected chi connectivity index (χ2v) is 7.53. The van der Waals surface area contributed by atoms with Gasteiger partial charge in [-0.25, -0.2) is 8.42 Å². The first-order valence-corrected chi connectivity index (χ1v) is 8.26. The molecule has 9 heteroatoms. The molecule has 0 unspecified atom stereocenters. The van der Waals surface area contributed by atoms with E-state index in [0.29, 0.717) is 5.76 Å². The third-order valence-electron chi connectivity index (χ3n) is 1.91. The van der Waals surface area contributed by atoms with Gasteiger partial charge in [0, 0.05) is 18.7 Å². The summed E-state index contributed by atoms with van der Waals surface area (Å²) < 4.78 is 53.1. The summed E-state index contributed by atoms with van der Waals surface area (Å²) >= 11 is 0. The molecule has 0 atom stereocenters. The molecule has 0 aliphatic heterocycles. The molecule has 0 saturated heterocycles. The Kier molecular flexibility index (Phi) is 4.28. The Bertz CT molecular complexity index is 571. The molecule has 0 saturated carbocycles. The molecule has 0 amide bonds. The number of hydrogen-bond donors (Lipinski definition) is 0. The second kappa shape index (κ2) is 5.15. The minimum Gasteiger partial charge on any atom is -0.361 e. The van der Waals surface area contributed by atoms with E-state index in [1.165, 1.54) is 6.07 Å². The SMILES string of the molecule is COS(=O)(=O)Cc1cc(CCS(C)(=O)=O)on1. The first kappa shape index (κ1) is 14.1. The van der Waals surface area contributed by atoms with Gasteiger partial charge in [0.2, 0.25) is 0 Å². The average molecular weight is 283 g/mol. The molecule has 0 aromatic carbocycles. The number of hydrogen-bond acceptors (Lipinski definition) is 7. The van der Waals surface area contributed by atoms with Crippen LogP contribution in [-0.4, -0.2) is 41.1 Å². The van der Waals surface area contributed by atoms with Gasteiger partial charge in [-0.3, -0.25) is 4.18 Å². The Hall–Kier alpha value is -0.930. The molecule has 0 spiro atoms. The minimum absolute atomic E-state index is 0.0708. The van der Waals surface area contributed by atoms with Crippen molar-refractivity contribution in [3.8, 4) is 0 Å². The van der Waals surface area contributed by atoms with E-state index >= 15 is 0 Å². The highest BCUT2D eigenvalue weighted by molar-refractivity contribution is 7.90. The lowest BCUT2D eigenvalue weighted by molar-refractivity contribution is 0.376. The Labute approximate surface area is 99.8 Å². The van der Waals surface area contributed by atoms with Crippen LogP contribution in [0.1, 0.15) is 11.5 Å². The zero-order chi connectivity index (χ0) is 13.1. The lowest BCUT2D eigenvalue weighted by atomic mass is 10.3. The Balaban J connectivity index is 2.66. The molecule has 0 bridgehead atoms. The van der Waals surface area contributed by atoms with Crippen molar-refractivity contribution in [2.45, 2.75) is 12.2 Å². The lowest BCUT2D eigenvalue weighted by Gasteiger charge is -1.95. The van der Waals surface area contributed by atoms with E-state index in [9.17, 15) is 16.8 Å². The molecule has 0 aliphatic rings. The molecule has 0 N–H and O–H groups in total. The van der Waals surface area contributed by atoms with Crippen molar-refractivity contribution in [1.82, 2.24) is 5.16 Å². The highest BCUT2D eigenvalue weighted by Crippen LogP contribution is 2.09. The fourth-order valence-corrected chi connectivity index (χ4v) is 2.26. The molecule has 0 radical (unpaired) electrons. The fraction of sp³-hybridized carbons (Fsp3) is 0.625. The second-order valence-electron chi connectivity index (χ2n) is 3.53. The van der Waals surface area contributed by atoms with Crippen LogP contribution in [0, 0.1) is 0 Å². The summed E-state index contributed by atoms with van der Waals surface area (Å²) in [5.41, 5.74) is 0.190. The van der Waals surface area contributed by atoms with Crippen LogP contribution in [0.3, 0.4) is 0 Å². The van der Waals surface area contributed by atoms with E-state index < -0.39 is 25.7 Å². The summed E-state index contributed by atoms with van der Waals surface area (Å²) in [6, 6.07) is 1.40. The van der Waals surface area contributed by atoms with E-state index in [4.69, 9.17) is 4.52 Å². The predicted molar refractivity (Wildman–Crippen MR) is 59.6 cm³/mol. The van der Waals surface area contributed by atoms with Gasteiger partial charge in [0.25, 0.3) is 10.1 Å². The van der Waals surface area contributed by atoms with Gasteiger partial charge in [-0.05, 0) is 0 Å². The molecule has 7 nitrogen and oxygen atoms in total. The van der Waals surface area contributed by atoms with Gasteiger partial charge in [-0.15, -0.1) is 0 Å². The number of rotatable bonds is 6. The lowest BCUT2D eigenvalue weighted by Crippen LogP contribution is -2.06. The van der Waals surface area contributed by atoms with Crippen molar-refractivity contribution in [2.75, 3.05) is 19.1 Å². The molecule has 1 aromatic rings. The quantitative estimate of drug-likeness (QED) is 0.662. The molecule has 17 heavy (non-hydrogen) atoms. The van der Waals surface area contributed by atoms with Gasteiger partial charge >= 0.3 is 0 Å². The largest absolute Gasteiger partial charge is 0.361 e. The standard InChI is InChI=1S/C8H13NO6S2/c1-14-17(12,13)6-7-5-8(15-9-7)3-4-16(2,10)11/h5H,3-4,6H2,1-2H3. The first-order chi connectivity index (χ1) is 7.72. The number of sulfone groups is 1. The highest BCUT2D eigenvalue weighted by Gasteiger charge is 2.15. The van der Waals surface area contributed by atoms with Crippen LogP contribution in [0.5, 0.6) is 0 Å². The Morgan fingerprint density at radius 1 is 1.35 bits per heavy atom. The molecule has 0 fully saturated rings. The highest BCUT2D eigenvalue weighted by atomic mass is 32.2. The van der Waals surface area contributed by atoms with E-state index in [2.05, 4.69) is 9.34 Å². The maximum atomic E-state index is 11.1. The molecule has 1 rings (SSSR count). The van der Waals surface area contributed by atoms with Crippen LogP contribution in [0.25, 0.3) is 0 Å². The monoisotopic (exact) mass is 283 g/mol. The average Bonchev–Trinajstić information content (AvgIpc) is 2.61. The van der Waals surface area contributed by atoms with Crippen molar-refractivity contribution in [3.05, 3.63) is 17.5 Å². The van der Waals surface area contributed by atoms with Crippen LogP contribution in [0.4, 0.5) is 0 Å². The molecular weight excluding hydrogens is 270 g/mol. The number of aryl methyl sites for hydroxylation is 1. The smallest absolute Gasteiger partial charge is 0.272 e. The predicted octanol–water partition coefficient (Wildman–Crippen LogP) is -0.262. The maximum absolute atomic E-state index is 11.1. The summed E-state index contributed by atoms with van der Waals surface area (Å²) in [5, 5.41) is 3.52. The number of aromatic nitrogens is 1. The third-order valence-corrected chi connectivity index (χ3v) is 4.01. The van der Waals surface area contributed by atoms with Crippen molar-refractivity contribution in [1.29, 1.82) is 0 Å². The van der Waals surface area contributed by atoms with Crippen molar-refractivity contribution >= 4 is 20.0 Å². The zero-order valence-electron chi connectivity index (χ0n) is 9.41.